The van der Waals surface area contributed by atoms with Crippen LogP contribution in [0.1, 0.15) is 41.7 Å². The van der Waals surface area contributed by atoms with Gasteiger partial charge in [0.15, 0.2) is 0 Å². The lowest BCUT2D eigenvalue weighted by molar-refractivity contribution is 0.102. The molecule has 2 N–H and O–H groups in total. The fourth-order valence-electron chi connectivity index (χ4n) is 3.92. The first-order valence-corrected chi connectivity index (χ1v) is 10.3. The molecular weight excluding hydrogens is 384 g/mol. The van der Waals surface area contributed by atoms with Crippen LogP contribution in [0, 0.1) is 11.6 Å². The minimum atomic E-state index is -0.741. The molecule has 4 nitrogen and oxygen atoms in total. The second-order valence-corrected chi connectivity index (χ2v) is 7.85. The number of carbonyl (C=O) groups is 1. The predicted octanol–water partition coefficient (Wildman–Crippen LogP) is 5.59. The lowest BCUT2D eigenvalue weighted by atomic mass is 10.0. The number of aromatic nitrogens is 1. The molecule has 6 heteroatoms. The highest BCUT2D eigenvalue weighted by Gasteiger charge is 2.13. The Labute approximate surface area is 174 Å². The van der Waals surface area contributed by atoms with Gasteiger partial charge >= 0.3 is 0 Å². The van der Waals surface area contributed by atoms with Crippen molar-refractivity contribution in [3.63, 3.8) is 0 Å². The number of halogens is 2. The van der Waals surface area contributed by atoms with Crippen LogP contribution in [0.4, 0.5) is 14.5 Å². The summed E-state index contributed by atoms with van der Waals surface area (Å²) in [6, 6.07) is 10.6. The van der Waals surface area contributed by atoms with Crippen molar-refractivity contribution in [3.05, 3.63) is 71.9 Å². The molecule has 2 aromatic carbocycles. The van der Waals surface area contributed by atoms with Crippen molar-refractivity contribution in [2.75, 3.05) is 25.0 Å². The van der Waals surface area contributed by atoms with E-state index < -0.39 is 17.5 Å². The summed E-state index contributed by atoms with van der Waals surface area (Å²) in [5, 5.41) is 3.41. The smallest absolute Gasteiger partial charge is 0.272 e. The molecule has 1 amide bonds. The van der Waals surface area contributed by atoms with Gasteiger partial charge in [-0.1, -0.05) is 19.1 Å². The SMILES string of the molecule is C=C(CCN1CCCCC1)c1ccc2[nH]c(C(=O)Nc3cc(F)cc(F)c3)cc2c1. The number of fused-ring (bicyclic) bond motifs is 1. The minimum absolute atomic E-state index is 0.0722. The molecule has 1 aliphatic heterocycles. The van der Waals surface area contributed by atoms with Gasteiger partial charge in [0.2, 0.25) is 0 Å². The van der Waals surface area contributed by atoms with Crippen LogP contribution in [-0.4, -0.2) is 35.4 Å². The van der Waals surface area contributed by atoms with E-state index in [0.717, 1.165) is 66.3 Å². The summed E-state index contributed by atoms with van der Waals surface area (Å²) in [5.74, 6) is -1.94. The number of nitrogens with one attached hydrogen (secondary N) is 2. The fraction of sp³-hybridized carbons (Fsp3) is 0.292. The van der Waals surface area contributed by atoms with Crippen molar-refractivity contribution in [2.45, 2.75) is 25.7 Å². The van der Waals surface area contributed by atoms with Gasteiger partial charge < -0.3 is 15.2 Å². The maximum atomic E-state index is 13.3. The molecule has 4 rings (SSSR count). The zero-order valence-corrected chi connectivity index (χ0v) is 16.8. The number of piperidine rings is 1. The molecule has 1 fully saturated rings. The van der Waals surface area contributed by atoms with E-state index in [1.54, 1.807) is 6.07 Å². The average molecular weight is 409 g/mol. The standard InChI is InChI=1S/C24H25F2N3O/c1-16(7-10-29-8-3-2-4-9-29)17-5-6-22-18(11-17)12-23(28-22)24(30)27-21-14-19(25)13-20(26)15-21/h5-6,11-15,28H,1-4,7-10H2,(H,27,30). The van der Waals surface area contributed by atoms with E-state index >= 15 is 0 Å². The molecule has 1 aliphatic rings. The van der Waals surface area contributed by atoms with Gasteiger partial charge in [0.25, 0.3) is 5.91 Å². The second kappa shape index (κ2) is 8.79. The number of hydrogen-bond donors (Lipinski definition) is 2. The van der Waals surface area contributed by atoms with Crippen LogP contribution >= 0.6 is 0 Å². The van der Waals surface area contributed by atoms with E-state index in [1.807, 2.05) is 18.2 Å². The molecule has 0 radical (unpaired) electrons. The monoisotopic (exact) mass is 409 g/mol. The lowest BCUT2D eigenvalue weighted by Gasteiger charge is -2.26. The van der Waals surface area contributed by atoms with Gasteiger partial charge in [-0.05, 0) is 73.8 Å². The number of aromatic amines is 1. The van der Waals surface area contributed by atoms with Gasteiger partial charge in [0, 0.05) is 29.2 Å². The van der Waals surface area contributed by atoms with E-state index in [2.05, 4.69) is 21.8 Å². The van der Waals surface area contributed by atoms with E-state index in [1.165, 1.54) is 19.3 Å². The van der Waals surface area contributed by atoms with Crippen molar-refractivity contribution in [2.24, 2.45) is 0 Å². The van der Waals surface area contributed by atoms with Crippen LogP contribution in [-0.2, 0) is 0 Å². The Bertz CT molecular complexity index is 1060. The summed E-state index contributed by atoms with van der Waals surface area (Å²) in [4.78, 5) is 18.0. The Balaban J connectivity index is 1.45. The van der Waals surface area contributed by atoms with Gasteiger partial charge in [0.1, 0.15) is 17.3 Å². The summed E-state index contributed by atoms with van der Waals surface area (Å²) >= 11 is 0. The highest BCUT2D eigenvalue weighted by molar-refractivity contribution is 6.06. The molecule has 1 aromatic heterocycles. The number of benzene rings is 2. The first-order chi connectivity index (χ1) is 14.5. The van der Waals surface area contributed by atoms with Gasteiger partial charge in [0.05, 0.1) is 0 Å². The summed E-state index contributed by atoms with van der Waals surface area (Å²) in [6.07, 6.45) is 4.78. The molecule has 1 saturated heterocycles. The number of hydrogen-bond acceptors (Lipinski definition) is 2. The minimum Gasteiger partial charge on any atom is -0.351 e. The molecule has 0 bridgehead atoms. The second-order valence-electron chi connectivity index (χ2n) is 7.85. The first kappa shape index (κ1) is 20.3. The molecule has 0 spiro atoms. The highest BCUT2D eigenvalue weighted by Crippen LogP contribution is 2.24. The summed E-state index contributed by atoms with van der Waals surface area (Å²) in [5.41, 5.74) is 3.34. The van der Waals surface area contributed by atoms with Crippen molar-refractivity contribution in [3.8, 4) is 0 Å². The molecule has 0 aliphatic carbocycles. The predicted molar refractivity (Wildman–Crippen MR) is 117 cm³/mol. The highest BCUT2D eigenvalue weighted by atomic mass is 19.1. The third kappa shape index (κ3) is 4.76. The number of nitrogens with zero attached hydrogens (tertiary/aromatic N) is 1. The topological polar surface area (TPSA) is 48.1 Å². The Morgan fingerprint density at radius 3 is 2.50 bits per heavy atom. The van der Waals surface area contributed by atoms with Crippen LogP contribution in [0.3, 0.4) is 0 Å². The third-order valence-electron chi connectivity index (χ3n) is 5.57. The van der Waals surface area contributed by atoms with E-state index in [4.69, 9.17) is 0 Å². The Kier molecular flexibility index (Phi) is 5.95. The van der Waals surface area contributed by atoms with Crippen LogP contribution in [0.5, 0.6) is 0 Å². The molecule has 0 saturated carbocycles. The lowest BCUT2D eigenvalue weighted by Crippen LogP contribution is -2.30. The quantitative estimate of drug-likeness (QED) is 0.558. The summed E-state index contributed by atoms with van der Waals surface area (Å²) < 4.78 is 26.7. The maximum absolute atomic E-state index is 13.3. The first-order valence-electron chi connectivity index (χ1n) is 10.3. The number of amides is 1. The molecule has 30 heavy (non-hydrogen) atoms. The largest absolute Gasteiger partial charge is 0.351 e. The molecular formula is C24H25F2N3O. The van der Waals surface area contributed by atoms with Gasteiger partial charge in [-0.2, -0.15) is 0 Å². The van der Waals surface area contributed by atoms with E-state index in [-0.39, 0.29) is 5.69 Å². The Morgan fingerprint density at radius 2 is 1.77 bits per heavy atom. The number of H-pyrrole nitrogens is 1. The zero-order valence-electron chi connectivity index (χ0n) is 16.8. The number of likely N-dealkylation sites (tertiary alicyclic amines) is 1. The van der Waals surface area contributed by atoms with Crippen LogP contribution < -0.4 is 5.32 Å². The van der Waals surface area contributed by atoms with Crippen LogP contribution in [0.25, 0.3) is 16.5 Å². The summed E-state index contributed by atoms with van der Waals surface area (Å²) in [7, 11) is 0. The van der Waals surface area contributed by atoms with Gasteiger partial charge in [-0.3, -0.25) is 4.79 Å². The number of carbonyl (C=O) groups excluding carboxylic acids is 1. The molecule has 0 atom stereocenters. The van der Waals surface area contributed by atoms with E-state index in [0.29, 0.717) is 5.69 Å². The number of rotatable bonds is 6. The van der Waals surface area contributed by atoms with Crippen LogP contribution in [0.15, 0.2) is 49.0 Å². The maximum Gasteiger partial charge on any atom is 0.272 e. The number of anilines is 1. The third-order valence-corrected chi connectivity index (χ3v) is 5.57. The van der Waals surface area contributed by atoms with Gasteiger partial charge in [-0.25, -0.2) is 8.78 Å². The molecule has 2 heterocycles. The zero-order chi connectivity index (χ0) is 21.1. The van der Waals surface area contributed by atoms with Crippen molar-refractivity contribution in [1.29, 1.82) is 0 Å². The van der Waals surface area contributed by atoms with Gasteiger partial charge in [-0.15, -0.1) is 0 Å². The average Bonchev–Trinajstić information content (AvgIpc) is 3.15. The molecule has 156 valence electrons. The Morgan fingerprint density at radius 1 is 1.03 bits per heavy atom. The van der Waals surface area contributed by atoms with Crippen molar-refractivity contribution >= 4 is 28.1 Å². The fourth-order valence-corrected chi connectivity index (χ4v) is 3.92. The Hall–Kier alpha value is -2.99. The normalized spacial score (nSPS) is 14.7. The van der Waals surface area contributed by atoms with E-state index in [9.17, 15) is 13.6 Å². The van der Waals surface area contributed by atoms with Crippen molar-refractivity contribution in [1.82, 2.24) is 9.88 Å². The van der Waals surface area contributed by atoms with Crippen LogP contribution in [0.2, 0.25) is 0 Å². The van der Waals surface area contributed by atoms with Crippen molar-refractivity contribution < 1.29 is 13.6 Å². The molecule has 0 unspecified atom stereocenters. The summed E-state index contributed by atoms with van der Waals surface area (Å²) in [6.45, 7) is 7.59. The molecule has 3 aromatic rings.